The number of rotatable bonds is 6. The molecule has 0 aromatic heterocycles. The van der Waals surface area contributed by atoms with Crippen molar-refractivity contribution < 1.29 is 26.4 Å². The Hall–Kier alpha value is -2.59. The molecule has 0 saturated carbocycles. The molecule has 10 heteroatoms. The molecule has 1 aliphatic heterocycles. The molecule has 0 atom stereocenters. The van der Waals surface area contributed by atoms with E-state index in [1.165, 1.54) is 22.7 Å². The second-order valence-corrected chi connectivity index (χ2v) is 9.67. The molecule has 1 aliphatic rings. The average Bonchev–Trinajstić information content (AvgIpc) is 2.73. The van der Waals surface area contributed by atoms with Crippen LogP contribution in [0.5, 0.6) is 0 Å². The summed E-state index contributed by atoms with van der Waals surface area (Å²) in [6.45, 7) is 2.95. The van der Waals surface area contributed by atoms with Crippen molar-refractivity contribution >= 4 is 27.3 Å². The number of piperidine rings is 1. The first-order valence-electron chi connectivity index (χ1n) is 10.3. The average molecular weight is 470 g/mol. The summed E-state index contributed by atoms with van der Waals surface area (Å²) in [6, 6.07) is 11.3. The van der Waals surface area contributed by atoms with Gasteiger partial charge in [0.2, 0.25) is 10.0 Å². The number of hydrogen-bond acceptors (Lipinski definition) is 4. The SMILES string of the molecule is CCN(C1CCN(C(=O)c2ccccc2Nc2cccc(C(F)(F)F)c2)CC1)S(C)(=O)=O. The summed E-state index contributed by atoms with van der Waals surface area (Å²) in [5, 5.41) is 2.93. The van der Waals surface area contributed by atoms with Crippen LogP contribution >= 0.6 is 0 Å². The zero-order valence-electron chi connectivity index (χ0n) is 17.9. The lowest BCUT2D eigenvalue weighted by Gasteiger charge is -2.37. The number of halogens is 3. The van der Waals surface area contributed by atoms with Crippen LogP contribution < -0.4 is 5.32 Å². The van der Waals surface area contributed by atoms with Crippen LogP contribution in [0.2, 0.25) is 0 Å². The smallest absolute Gasteiger partial charge is 0.355 e. The zero-order chi connectivity index (χ0) is 23.5. The highest BCUT2D eigenvalue weighted by molar-refractivity contribution is 7.88. The van der Waals surface area contributed by atoms with Gasteiger partial charge in [-0.2, -0.15) is 17.5 Å². The molecule has 6 nitrogen and oxygen atoms in total. The molecule has 174 valence electrons. The van der Waals surface area contributed by atoms with Crippen LogP contribution in [0.1, 0.15) is 35.7 Å². The summed E-state index contributed by atoms with van der Waals surface area (Å²) in [4.78, 5) is 14.8. The molecule has 3 rings (SSSR count). The fourth-order valence-electron chi connectivity index (χ4n) is 4.00. The highest BCUT2D eigenvalue weighted by Crippen LogP contribution is 2.32. The van der Waals surface area contributed by atoms with Gasteiger partial charge in [0.05, 0.1) is 23.1 Å². The molecule has 1 fully saturated rings. The summed E-state index contributed by atoms with van der Waals surface area (Å²) in [6.07, 6.45) is -2.23. The van der Waals surface area contributed by atoms with Gasteiger partial charge in [-0.05, 0) is 43.2 Å². The Bertz CT molecular complexity index is 1070. The van der Waals surface area contributed by atoms with Gasteiger partial charge in [0.25, 0.3) is 5.91 Å². The quantitative estimate of drug-likeness (QED) is 0.684. The topological polar surface area (TPSA) is 69.7 Å². The van der Waals surface area contributed by atoms with Crippen LogP contribution in [-0.4, -0.2) is 55.5 Å². The maximum Gasteiger partial charge on any atom is 0.416 e. The minimum atomic E-state index is -4.46. The zero-order valence-corrected chi connectivity index (χ0v) is 18.7. The van der Waals surface area contributed by atoms with E-state index in [0.717, 1.165) is 12.1 Å². The normalized spacial score (nSPS) is 15.8. The molecular formula is C22H26F3N3O3S. The number of alkyl halides is 3. The maximum atomic E-state index is 13.2. The Morgan fingerprint density at radius 1 is 1.12 bits per heavy atom. The van der Waals surface area contributed by atoms with Gasteiger partial charge in [-0.15, -0.1) is 0 Å². The summed E-state index contributed by atoms with van der Waals surface area (Å²) in [7, 11) is -3.32. The second-order valence-electron chi connectivity index (χ2n) is 7.74. The third kappa shape index (κ3) is 5.60. The Morgan fingerprint density at radius 3 is 2.38 bits per heavy atom. The van der Waals surface area contributed by atoms with E-state index in [-0.39, 0.29) is 17.6 Å². The van der Waals surface area contributed by atoms with Gasteiger partial charge < -0.3 is 10.2 Å². The minimum Gasteiger partial charge on any atom is -0.355 e. The number of nitrogens with zero attached hydrogens (tertiary/aromatic N) is 2. The van der Waals surface area contributed by atoms with E-state index < -0.39 is 21.8 Å². The van der Waals surface area contributed by atoms with Gasteiger partial charge in [-0.1, -0.05) is 25.1 Å². The van der Waals surface area contributed by atoms with Gasteiger partial charge in [-0.25, -0.2) is 8.42 Å². The van der Waals surface area contributed by atoms with E-state index in [9.17, 15) is 26.4 Å². The Labute approximate surface area is 186 Å². The Morgan fingerprint density at radius 2 is 1.78 bits per heavy atom. The van der Waals surface area contributed by atoms with Crippen LogP contribution in [0.15, 0.2) is 48.5 Å². The number of sulfonamides is 1. The first kappa shape index (κ1) is 24.1. The van der Waals surface area contributed by atoms with Crippen molar-refractivity contribution in [1.29, 1.82) is 0 Å². The van der Waals surface area contributed by atoms with Gasteiger partial charge >= 0.3 is 6.18 Å². The van der Waals surface area contributed by atoms with Gasteiger partial charge in [0.15, 0.2) is 0 Å². The molecule has 0 bridgehead atoms. The highest BCUT2D eigenvalue weighted by Gasteiger charge is 2.32. The molecule has 1 amide bonds. The van der Waals surface area contributed by atoms with Crippen LogP contribution in [-0.2, 0) is 16.2 Å². The van der Waals surface area contributed by atoms with Crippen LogP contribution in [0.25, 0.3) is 0 Å². The minimum absolute atomic E-state index is 0.155. The van der Waals surface area contributed by atoms with E-state index in [1.54, 1.807) is 36.1 Å². The Kier molecular flexibility index (Phi) is 7.14. The van der Waals surface area contributed by atoms with E-state index in [0.29, 0.717) is 43.7 Å². The fourth-order valence-corrected chi connectivity index (χ4v) is 5.22. The number of nitrogens with one attached hydrogen (secondary N) is 1. The van der Waals surface area contributed by atoms with Gasteiger partial charge in [-0.3, -0.25) is 4.79 Å². The molecule has 0 unspecified atom stereocenters. The molecule has 2 aromatic rings. The third-order valence-electron chi connectivity index (χ3n) is 5.52. The number of benzene rings is 2. The van der Waals surface area contributed by atoms with E-state index in [2.05, 4.69) is 5.32 Å². The lowest BCUT2D eigenvalue weighted by molar-refractivity contribution is -0.137. The number of carbonyl (C=O) groups is 1. The number of carbonyl (C=O) groups excluding carboxylic acids is 1. The molecule has 0 aliphatic carbocycles. The van der Waals surface area contributed by atoms with Gasteiger partial charge in [0, 0.05) is 31.4 Å². The lowest BCUT2D eigenvalue weighted by atomic mass is 10.0. The number of hydrogen-bond donors (Lipinski definition) is 1. The van der Waals surface area contributed by atoms with Crippen molar-refractivity contribution in [1.82, 2.24) is 9.21 Å². The largest absolute Gasteiger partial charge is 0.416 e. The molecular weight excluding hydrogens is 443 g/mol. The standard InChI is InChI=1S/C22H26F3N3O3S/c1-3-28(32(2,30)31)18-11-13-27(14-12-18)21(29)19-9-4-5-10-20(19)26-17-8-6-7-16(15-17)22(23,24)25/h4-10,15,18,26H,3,11-14H2,1-2H3. The first-order valence-corrected chi connectivity index (χ1v) is 12.1. The van der Waals surface area contributed by atoms with Crippen molar-refractivity contribution in [2.45, 2.75) is 32.0 Å². The van der Waals surface area contributed by atoms with Crippen molar-refractivity contribution in [3.8, 4) is 0 Å². The summed E-state index contributed by atoms with van der Waals surface area (Å²) in [5.74, 6) is -0.249. The number of likely N-dealkylation sites (tertiary alicyclic amines) is 1. The van der Waals surface area contributed by atoms with Crippen molar-refractivity contribution in [2.24, 2.45) is 0 Å². The third-order valence-corrected chi connectivity index (χ3v) is 6.93. The molecule has 1 saturated heterocycles. The fraction of sp³-hybridized carbons (Fsp3) is 0.409. The van der Waals surface area contributed by atoms with Crippen molar-refractivity contribution in [3.05, 3.63) is 59.7 Å². The first-order chi connectivity index (χ1) is 15.0. The van der Waals surface area contributed by atoms with Crippen LogP contribution in [0.3, 0.4) is 0 Å². The molecule has 2 aromatic carbocycles. The summed E-state index contributed by atoms with van der Waals surface area (Å²) >= 11 is 0. The van der Waals surface area contributed by atoms with Crippen LogP contribution in [0, 0.1) is 0 Å². The summed E-state index contributed by atoms with van der Waals surface area (Å²) < 4.78 is 64.4. The van der Waals surface area contributed by atoms with E-state index in [1.807, 2.05) is 0 Å². The van der Waals surface area contributed by atoms with Gasteiger partial charge in [0.1, 0.15) is 0 Å². The Balaban J connectivity index is 1.75. The molecule has 1 N–H and O–H groups in total. The molecule has 0 radical (unpaired) electrons. The predicted octanol–water partition coefficient (Wildman–Crippen LogP) is 4.34. The monoisotopic (exact) mass is 469 g/mol. The molecule has 32 heavy (non-hydrogen) atoms. The van der Waals surface area contributed by atoms with Crippen molar-refractivity contribution in [2.75, 3.05) is 31.2 Å². The maximum absolute atomic E-state index is 13.2. The summed E-state index contributed by atoms with van der Waals surface area (Å²) in [5.41, 5.74) is 0.203. The van der Waals surface area contributed by atoms with E-state index >= 15 is 0 Å². The second kappa shape index (κ2) is 9.50. The number of para-hydroxylation sites is 1. The van der Waals surface area contributed by atoms with E-state index in [4.69, 9.17) is 0 Å². The molecule has 1 heterocycles. The van der Waals surface area contributed by atoms with Crippen molar-refractivity contribution in [3.63, 3.8) is 0 Å². The predicted molar refractivity (Wildman–Crippen MR) is 117 cm³/mol. The number of anilines is 2. The number of amides is 1. The highest BCUT2D eigenvalue weighted by atomic mass is 32.2. The molecule has 0 spiro atoms. The van der Waals surface area contributed by atoms with Crippen LogP contribution in [0.4, 0.5) is 24.5 Å². The lowest BCUT2D eigenvalue weighted by Crippen LogP contribution is -2.48.